The van der Waals surface area contributed by atoms with E-state index in [4.69, 9.17) is 11.5 Å². The molecule has 1 unspecified atom stereocenters. The van der Waals surface area contributed by atoms with Gasteiger partial charge in [-0.2, -0.15) is 13.2 Å². The molecule has 184 valence electrons. The van der Waals surface area contributed by atoms with Gasteiger partial charge in [0.15, 0.2) is 0 Å². The van der Waals surface area contributed by atoms with Crippen LogP contribution in [-0.4, -0.2) is 18.3 Å². The first-order valence-electron chi connectivity index (χ1n) is 11.3. The van der Waals surface area contributed by atoms with Crippen LogP contribution in [0.2, 0.25) is 0 Å². The van der Waals surface area contributed by atoms with Crippen LogP contribution < -0.4 is 16.8 Å². The van der Waals surface area contributed by atoms with Gasteiger partial charge in [0, 0.05) is 12.5 Å². The molecule has 0 saturated carbocycles. The van der Waals surface area contributed by atoms with Gasteiger partial charge in [-0.3, -0.25) is 4.79 Å². The third kappa shape index (κ3) is 7.50. The molecular weight excluding hydrogens is 453 g/mol. The summed E-state index contributed by atoms with van der Waals surface area (Å²) in [7, 11) is 0. The van der Waals surface area contributed by atoms with Crippen molar-refractivity contribution >= 4 is 17.4 Å². The Labute approximate surface area is 203 Å². The monoisotopic (exact) mass is 482 g/mol. The fourth-order valence-electron chi connectivity index (χ4n) is 3.68. The van der Waals surface area contributed by atoms with Gasteiger partial charge in [0.05, 0.1) is 11.3 Å². The lowest BCUT2D eigenvalue weighted by Crippen LogP contribution is -2.31. The van der Waals surface area contributed by atoms with Gasteiger partial charge in [0.2, 0.25) is 5.91 Å². The molecule has 35 heavy (non-hydrogen) atoms. The maximum absolute atomic E-state index is 13.2. The Morgan fingerprint density at radius 3 is 2.29 bits per heavy atom. The number of alkyl halides is 3. The van der Waals surface area contributed by atoms with E-state index in [0.717, 1.165) is 28.8 Å². The van der Waals surface area contributed by atoms with Crippen molar-refractivity contribution in [1.29, 1.82) is 0 Å². The fraction of sp³-hybridized carbons (Fsp3) is 0.259. The summed E-state index contributed by atoms with van der Waals surface area (Å²) in [5, 5.41) is 2.63. The molecule has 0 aromatic heterocycles. The van der Waals surface area contributed by atoms with Crippen molar-refractivity contribution in [3.63, 3.8) is 0 Å². The molecule has 0 bridgehead atoms. The van der Waals surface area contributed by atoms with E-state index in [-0.39, 0.29) is 23.9 Å². The zero-order chi connectivity index (χ0) is 25.4. The van der Waals surface area contributed by atoms with Crippen LogP contribution in [0.4, 0.5) is 18.9 Å². The lowest BCUT2D eigenvalue weighted by molar-refractivity contribution is -0.137. The molecule has 3 rings (SSSR count). The van der Waals surface area contributed by atoms with Crippen molar-refractivity contribution in [2.75, 3.05) is 6.54 Å². The second kappa shape index (κ2) is 11.8. The minimum Gasteiger partial charge on any atom is -0.330 e. The molecule has 0 saturated heterocycles. The summed E-state index contributed by atoms with van der Waals surface area (Å²) in [6.07, 6.45) is -3.40. The van der Waals surface area contributed by atoms with Gasteiger partial charge in [-0.1, -0.05) is 60.7 Å². The summed E-state index contributed by atoms with van der Waals surface area (Å²) in [6, 6.07) is 20.4. The number of rotatable bonds is 8. The van der Waals surface area contributed by atoms with E-state index >= 15 is 0 Å². The number of benzene rings is 3. The number of aliphatic imine (C=N–C) groups is 1. The van der Waals surface area contributed by atoms with Crippen molar-refractivity contribution in [3.05, 3.63) is 89.5 Å². The van der Waals surface area contributed by atoms with Gasteiger partial charge < -0.3 is 16.8 Å². The third-order valence-corrected chi connectivity index (χ3v) is 5.52. The van der Waals surface area contributed by atoms with Crippen LogP contribution in [0.25, 0.3) is 11.1 Å². The summed E-state index contributed by atoms with van der Waals surface area (Å²) in [5.74, 6) is -0.184. The Morgan fingerprint density at radius 2 is 1.66 bits per heavy atom. The molecule has 1 atom stereocenters. The van der Waals surface area contributed by atoms with E-state index in [1.54, 1.807) is 0 Å². The summed E-state index contributed by atoms with van der Waals surface area (Å²) in [6.45, 7) is 1.94. The quantitative estimate of drug-likeness (QED) is 0.292. The van der Waals surface area contributed by atoms with Gasteiger partial charge in [0.1, 0.15) is 5.84 Å². The highest BCUT2D eigenvalue weighted by Crippen LogP contribution is 2.33. The first kappa shape index (κ1) is 26.1. The van der Waals surface area contributed by atoms with Crippen LogP contribution >= 0.6 is 0 Å². The number of nitrogens with two attached hydrogens (primary N) is 2. The second-order valence-electron chi connectivity index (χ2n) is 8.28. The fourth-order valence-corrected chi connectivity index (χ4v) is 3.68. The van der Waals surface area contributed by atoms with E-state index in [0.29, 0.717) is 24.9 Å². The number of hydrogen-bond acceptors (Lipinski definition) is 4. The summed E-state index contributed by atoms with van der Waals surface area (Å²) in [4.78, 5) is 16.8. The number of carbonyl (C=O) groups is 1. The molecule has 0 aliphatic heterocycles. The number of halogens is 3. The smallest absolute Gasteiger partial charge is 0.330 e. The highest BCUT2D eigenvalue weighted by molar-refractivity contribution is 5.98. The minimum atomic E-state index is -4.49. The largest absolute Gasteiger partial charge is 0.416 e. The minimum absolute atomic E-state index is 0.000164. The molecule has 0 aliphatic rings. The predicted octanol–water partition coefficient (Wildman–Crippen LogP) is 5.52. The Morgan fingerprint density at radius 1 is 1.00 bits per heavy atom. The molecule has 5 nitrogen and oxygen atoms in total. The van der Waals surface area contributed by atoms with Gasteiger partial charge in [0.25, 0.3) is 0 Å². The maximum Gasteiger partial charge on any atom is 0.416 e. The maximum atomic E-state index is 13.2. The number of hydrogen-bond donors (Lipinski definition) is 3. The Kier molecular flexibility index (Phi) is 8.78. The third-order valence-electron chi connectivity index (χ3n) is 5.52. The van der Waals surface area contributed by atoms with Crippen molar-refractivity contribution in [2.45, 2.75) is 38.4 Å². The van der Waals surface area contributed by atoms with Crippen LogP contribution in [-0.2, 0) is 17.4 Å². The predicted molar refractivity (Wildman–Crippen MR) is 133 cm³/mol. The average molecular weight is 483 g/mol. The van der Waals surface area contributed by atoms with Gasteiger partial charge >= 0.3 is 6.18 Å². The zero-order valence-electron chi connectivity index (χ0n) is 19.5. The second-order valence-corrected chi connectivity index (χ2v) is 8.28. The summed E-state index contributed by atoms with van der Waals surface area (Å²) >= 11 is 0. The van der Waals surface area contributed by atoms with E-state index in [2.05, 4.69) is 10.3 Å². The van der Waals surface area contributed by atoms with Crippen LogP contribution in [0.1, 0.15) is 42.5 Å². The highest BCUT2D eigenvalue weighted by Gasteiger charge is 2.31. The van der Waals surface area contributed by atoms with Crippen LogP contribution in [0, 0.1) is 0 Å². The van der Waals surface area contributed by atoms with E-state index in [1.165, 1.54) is 13.0 Å². The first-order chi connectivity index (χ1) is 16.7. The summed E-state index contributed by atoms with van der Waals surface area (Å²) in [5.41, 5.74) is 14.7. The molecule has 0 radical (unpaired) electrons. The van der Waals surface area contributed by atoms with Crippen LogP contribution in [0.15, 0.2) is 77.8 Å². The number of nitrogens with zero attached hydrogens (tertiary/aromatic N) is 1. The Hall–Kier alpha value is -3.49. The molecule has 1 amide bonds. The van der Waals surface area contributed by atoms with Crippen LogP contribution in [0.5, 0.6) is 0 Å². The molecule has 5 N–H and O–H groups in total. The molecule has 0 fully saturated rings. The number of aryl methyl sites for hydroxylation is 1. The number of amidine groups is 1. The number of amides is 1. The Balaban J connectivity index is 1.68. The van der Waals surface area contributed by atoms with Gasteiger partial charge in [-0.15, -0.1) is 0 Å². The molecule has 3 aromatic carbocycles. The first-order valence-corrected chi connectivity index (χ1v) is 11.3. The van der Waals surface area contributed by atoms with Gasteiger partial charge in [-0.05, 0) is 60.7 Å². The molecule has 0 heterocycles. The van der Waals surface area contributed by atoms with E-state index in [1.807, 2.05) is 54.6 Å². The van der Waals surface area contributed by atoms with Crippen molar-refractivity contribution in [1.82, 2.24) is 5.32 Å². The zero-order valence-corrected chi connectivity index (χ0v) is 19.5. The standard InChI is InChI=1S/C27H29F3N4O/c1-18(33-25-16-23(27(28,29)30)14-13-22(25)8-5-15-31)34-26(35)17-24(32)21-11-9-20(10-12-21)19-6-3-2-4-7-19/h2-4,6-7,9-14,16,24H,5,8,15,17,31-32H2,1H3,(H,33,34,35). The lowest BCUT2D eigenvalue weighted by Gasteiger charge is -2.14. The van der Waals surface area contributed by atoms with Crippen LogP contribution in [0.3, 0.4) is 0 Å². The lowest BCUT2D eigenvalue weighted by atomic mass is 9.99. The van der Waals surface area contributed by atoms with Crippen molar-refractivity contribution in [3.8, 4) is 11.1 Å². The molecule has 8 heteroatoms. The summed E-state index contributed by atoms with van der Waals surface area (Å²) < 4.78 is 39.5. The topological polar surface area (TPSA) is 93.5 Å². The molecule has 0 spiro atoms. The highest BCUT2D eigenvalue weighted by atomic mass is 19.4. The number of nitrogens with one attached hydrogen (secondary N) is 1. The van der Waals surface area contributed by atoms with Gasteiger partial charge in [-0.25, -0.2) is 4.99 Å². The van der Waals surface area contributed by atoms with E-state index in [9.17, 15) is 18.0 Å². The average Bonchev–Trinajstić information content (AvgIpc) is 2.83. The normalized spacial score (nSPS) is 12.9. The molecule has 3 aromatic rings. The van der Waals surface area contributed by atoms with E-state index < -0.39 is 17.8 Å². The van der Waals surface area contributed by atoms with Crippen molar-refractivity contribution < 1.29 is 18.0 Å². The number of carbonyl (C=O) groups excluding carboxylic acids is 1. The Bertz CT molecular complexity index is 1160. The SMILES string of the molecule is CC(=Nc1cc(C(F)(F)F)ccc1CCCN)NC(=O)CC(N)c1ccc(-c2ccccc2)cc1. The molecular formula is C27H29F3N4O. The van der Waals surface area contributed by atoms with Crippen molar-refractivity contribution in [2.24, 2.45) is 16.5 Å². The molecule has 0 aliphatic carbocycles.